The molecule has 0 saturated heterocycles. The molecule has 0 aliphatic rings. The van der Waals surface area contributed by atoms with E-state index in [4.69, 9.17) is 21.1 Å². The van der Waals surface area contributed by atoms with E-state index >= 15 is 0 Å². The molecule has 0 fully saturated rings. The summed E-state index contributed by atoms with van der Waals surface area (Å²) in [5, 5.41) is 8.75. The second kappa shape index (κ2) is 9.13. The number of benzene rings is 1. The lowest BCUT2D eigenvalue weighted by Gasteiger charge is -2.12. The van der Waals surface area contributed by atoms with Gasteiger partial charge >= 0.3 is 0 Å². The van der Waals surface area contributed by atoms with Crippen LogP contribution >= 0.6 is 11.6 Å². The highest BCUT2D eigenvalue weighted by Crippen LogP contribution is 2.30. The van der Waals surface area contributed by atoms with Gasteiger partial charge in [0.25, 0.3) is 0 Å². The van der Waals surface area contributed by atoms with Gasteiger partial charge in [0.15, 0.2) is 5.65 Å². The molecule has 0 saturated carbocycles. The van der Waals surface area contributed by atoms with Gasteiger partial charge in [-0.2, -0.15) is 0 Å². The molecule has 8 heteroatoms. The molecule has 0 aliphatic heterocycles. The van der Waals surface area contributed by atoms with Crippen LogP contribution in [0.2, 0.25) is 5.02 Å². The number of amides is 1. The topological polar surface area (TPSA) is 78.3 Å². The number of aryl methyl sites for hydroxylation is 3. The lowest BCUT2D eigenvalue weighted by Crippen LogP contribution is -2.28. The Labute approximate surface area is 175 Å². The van der Waals surface area contributed by atoms with Crippen molar-refractivity contribution in [2.45, 2.75) is 26.7 Å². The van der Waals surface area contributed by atoms with E-state index in [1.165, 1.54) is 0 Å². The zero-order valence-electron chi connectivity index (χ0n) is 17.1. The monoisotopic (exact) mass is 416 g/mol. The van der Waals surface area contributed by atoms with E-state index in [1.807, 2.05) is 33.0 Å². The van der Waals surface area contributed by atoms with Gasteiger partial charge in [0.1, 0.15) is 12.4 Å². The van der Waals surface area contributed by atoms with Gasteiger partial charge in [0.05, 0.1) is 19.0 Å². The van der Waals surface area contributed by atoms with Crippen LogP contribution in [0.15, 0.2) is 24.3 Å². The Balaban J connectivity index is 1.56. The molecule has 0 bridgehead atoms. The first-order valence-electron chi connectivity index (χ1n) is 9.42. The molecule has 1 amide bonds. The Morgan fingerprint density at radius 2 is 2.10 bits per heavy atom. The van der Waals surface area contributed by atoms with Crippen molar-refractivity contribution in [2.75, 3.05) is 20.3 Å². The zero-order valence-corrected chi connectivity index (χ0v) is 17.8. The number of rotatable bonds is 8. The largest absolute Gasteiger partial charge is 0.492 e. The summed E-state index contributed by atoms with van der Waals surface area (Å²) in [6.07, 6.45) is 0.967. The van der Waals surface area contributed by atoms with Crippen molar-refractivity contribution < 1.29 is 14.3 Å². The lowest BCUT2D eigenvalue weighted by molar-refractivity contribution is -0.121. The number of ether oxygens (including phenoxy) is 2. The van der Waals surface area contributed by atoms with E-state index < -0.39 is 0 Å². The molecule has 29 heavy (non-hydrogen) atoms. The second-order valence-corrected chi connectivity index (χ2v) is 7.22. The van der Waals surface area contributed by atoms with Gasteiger partial charge in [-0.1, -0.05) is 17.7 Å². The van der Waals surface area contributed by atoms with Gasteiger partial charge in [-0.15, -0.1) is 5.10 Å². The van der Waals surface area contributed by atoms with Crippen LogP contribution in [0.5, 0.6) is 11.6 Å². The van der Waals surface area contributed by atoms with Crippen LogP contribution in [0.4, 0.5) is 0 Å². The number of fused-ring (bicyclic) bond motifs is 1. The van der Waals surface area contributed by atoms with Crippen LogP contribution in [0.3, 0.4) is 0 Å². The van der Waals surface area contributed by atoms with Crippen molar-refractivity contribution in [3.63, 3.8) is 0 Å². The number of methoxy groups -OCH3 is 1. The first-order chi connectivity index (χ1) is 13.9. The predicted octanol–water partition coefficient (Wildman–Crippen LogP) is 3.37. The first-order valence-corrected chi connectivity index (χ1v) is 9.80. The number of nitrogens with one attached hydrogen (secondary N) is 1. The van der Waals surface area contributed by atoms with Crippen molar-refractivity contribution >= 4 is 28.5 Å². The fourth-order valence-electron chi connectivity index (χ4n) is 3.35. The van der Waals surface area contributed by atoms with Gasteiger partial charge in [0, 0.05) is 24.2 Å². The van der Waals surface area contributed by atoms with Gasteiger partial charge in [-0.05, 0) is 49.6 Å². The number of carbonyl (C=O) groups excluding carboxylic acids is 1. The number of carbonyl (C=O) groups is 1. The number of halogens is 1. The van der Waals surface area contributed by atoms with Gasteiger partial charge < -0.3 is 14.8 Å². The van der Waals surface area contributed by atoms with Crippen LogP contribution in [0.25, 0.3) is 11.0 Å². The molecule has 7 nitrogen and oxygen atoms in total. The van der Waals surface area contributed by atoms with Crippen LogP contribution in [0, 0.1) is 13.8 Å². The molecular weight excluding hydrogens is 392 g/mol. The average Bonchev–Trinajstić information content (AvgIpc) is 3.01. The maximum Gasteiger partial charge on any atom is 0.242 e. The summed E-state index contributed by atoms with van der Waals surface area (Å²) in [6, 6.07) is 7.18. The summed E-state index contributed by atoms with van der Waals surface area (Å²) in [5.41, 5.74) is 3.78. The highest BCUT2D eigenvalue weighted by atomic mass is 35.5. The predicted molar refractivity (Wildman–Crippen MR) is 113 cm³/mol. The molecule has 0 atom stereocenters. The SMILES string of the molecule is COc1nn(C)c2nc(C)c(CCC(=O)NCCOc3cccc(Cl)c3)c(C)c12. The average molecular weight is 417 g/mol. The summed E-state index contributed by atoms with van der Waals surface area (Å²) in [5.74, 6) is 1.20. The molecule has 154 valence electrons. The first kappa shape index (κ1) is 20.9. The number of nitrogens with zero attached hydrogens (tertiary/aromatic N) is 3. The van der Waals surface area contributed by atoms with E-state index in [0.717, 1.165) is 27.9 Å². The molecule has 3 aromatic rings. The van der Waals surface area contributed by atoms with Gasteiger partial charge in [-0.3, -0.25) is 4.79 Å². The minimum absolute atomic E-state index is 0.0308. The molecule has 0 aliphatic carbocycles. The smallest absolute Gasteiger partial charge is 0.242 e. The number of pyridine rings is 1. The summed E-state index contributed by atoms with van der Waals surface area (Å²) < 4.78 is 12.7. The number of hydrogen-bond donors (Lipinski definition) is 1. The molecule has 1 aromatic carbocycles. The van der Waals surface area contributed by atoms with Crippen LogP contribution in [0.1, 0.15) is 23.2 Å². The van der Waals surface area contributed by atoms with Gasteiger partial charge in [0.2, 0.25) is 11.8 Å². The fourth-order valence-corrected chi connectivity index (χ4v) is 3.53. The van der Waals surface area contributed by atoms with E-state index in [-0.39, 0.29) is 5.91 Å². The van der Waals surface area contributed by atoms with Crippen molar-refractivity contribution in [1.29, 1.82) is 0 Å². The second-order valence-electron chi connectivity index (χ2n) is 6.79. The molecule has 1 N–H and O–H groups in total. The van der Waals surface area contributed by atoms with Crippen molar-refractivity contribution in [3.8, 4) is 11.6 Å². The third kappa shape index (κ3) is 4.79. The van der Waals surface area contributed by atoms with E-state index in [1.54, 1.807) is 23.9 Å². The third-order valence-electron chi connectivity index (χ3n) is 4.81. The Hall–Kier alpha value is -2.80. The standard InChI is InChI=1S/C21H25ClN4O3/c1-13-17(14(2)24-20-19(13)21(28-4)25-26(20)3)8-9-18(27)23-10-11-29-16-7-5-6-15(22)12-16/h5-7,12H,8-11H2,1-4H3,(H,23,27). The minimum Gasteiger partial charge on any atom is -0.492 e. The highest BCUT2D eigenvalue weighted by Gasteiger charge is 2.18. The number of aromatic nitrogens is 3. The van der Waals surface area contributed by atoms with E-state index in [2.05, 4.69) is 15.4 Å². The van der Waals surface area contributed by atoms with Crippen LogP contribution in [-0.2, 0) is 18.3 Å². The molecular formula is C21H25ClN4O3. The van der Waals surface area contributed by atoms with Crippen molar-refractivity contribution in [2.24, 2.45) is 7.05 Å². The Bertz CT molecular complexity index is 1030. The van der Waals surface area contributed by atoms with Crippen LogP contribution in [-0.4, -0.2) is 40.9 Å². The quantitative estimate of drug-likeness (QED) is 0.569. The third-order valence-corrected chi connectivity index (χ3v) is 5.04. The van der Waals surface area contributed by atoms with E-state index in [9.17, 15) is 4.79 Å². The molecule has 2 heterocycles. The fraction of sp³-hybridized carbons (Fsp3) is 0.381. The van der Waals surface area contributed by atoms with Crippen LogP contribution < -0.4 is 14.8 Å². The molecule has 0 unspecified atom stereocenters. The maximum absolute atomic E-state index is 12.2. The molecule has 2 aromatic heterocycles. The van der Waals surface area contributed by atoms with Crippen molar-refractivity contribution in [3.05, 3.63) is 46.1 Å². The minimum atomic E-state index is -0.0308. The summed E-state index contributed by atoms with van der Waals surface area (Å²) >= 11 is 5.92. The molecule has 0 spiro atoms. The van der Waals surface area contributed by atoms with E-state index in [0.29, 0.717) is 42.6 Å². The lowest BCUT2D eigenvalue weighted by atomic mass is 10.00. The number of hydrogen-bond acceptors (Lipinski definition) is 5. The highest BCUT2D eigenvalue weighted by molar-refractivity contribution is 6.30. The summed E-state index contributed by atoms with van der Waals surface area (Å²) in [6.45, 7) is 4.78. The summed E-state index contributed by atoms with van der Waals surface area (Å²) in [4.78, 5) is 16.9. The molecule has 3 rings (SSSR count). The summed E-state index contributed by atoms with van der Waals surface area (Å²) in [7, 11) is 3.44. The zero-order chi connectivity index (χ0) is 21.0. The van der Waals surface area contributed by atoms with Gasteiger partial charge in [-0.25, -0.2) is 9.67 Å². The Morgan fingerprint density at radius 3 is 2.83 bits per heavy atom. The molecule has 0 radical (unpaired) electrons. The maximum atomic E-state index is 12.2. The normalized spacial score (nSPS) is 10.9. The van der Waals surface area contributed by atoms with Crippen molar-refractivity contribution in [1.82, 2.24) is 20.1 Å². The Morgan fingerprint density at radius 1 is 1.31 bits per heavy atom. The Kier molecular flexibility index (Phi) is 6.59.